The zero-order valence-corrected chi connectivity index (χ0v) is 22.0. The van der Waals surface area contributed by atoms with Crippen LogP contribution in [0.5, 0.6) is 5.75 Å². The minimum atomic E-state index is 0.509. The van der Waals surface area contributed by atoms with Crippen LogP contribution in [-0.2, 0) is 0 Å². The topological polar surface area (TPSA) is 9.23 Å². The van der Waals surface area contributed by atoms with Gasteiger partial charge in [0.1, 0.15) is 12.4 Å². The fourth-order valence-corrected chi connectivity index (χ4v) is 5.93. The van der Waals surface area contributed by atoms with Gasteiger partial charge in [-0.15, -0.1) is 0 Å². The van der Waals surface area contributed by atoms with Crippen LogP contribution in [0.4, 0.5) is 0 Å². The maximum atomic E-state index is 5.34. The smallest absolute Gasteiger partial charge is 0.126 e. The first kappa shape index (κ1) is 23.6. The molecule has 0 amide bonds. The highest BCUT2D eigenvalue weighted by molar-refractivity contribution is 5.83. The van der Waals surface area contributed by atoms with E-state index in [-0.39, 0.29) is 0 Å². The summed E-state index contributed by atoms with van der Waals surface area (Å²) >= 11 is 0. The van der Waals surface area contributed by atoms with Gasteiger partial charge in [-0.1, -0.05) is 109 Å². The molecule has 3 aliphatic carbocycles. The van der Waals surface area contributed by atoms with Crippen molar-refractivity contribution in [2.75, 3.05) is 6.61 Å². The highest BCUT2D eigenvalue weighted by atomic mass is 16.5. The molecule has 4 aliphatic rings. The Morgan fingerprint density at radius 2 is 1.68 bits per heavy atom. The summed E-state index contributed by atoms with van der Waals surface area (Å²) in [5.41, 5.74) is 11.4. The minimum Gasteiger partial charge on any atom is -0.489 e. The Labute approximate surface area is 220 Å². The van der Waals surface area contributed by atoms with E-state index in [1.165, 1.54) is 49.4 Å². The number of hydrogen-bond acceptors (Lipinski definition) is 1. The van der Waals surface area contributed by atoms with E-state index in [2.05, 4.69) is 93.6 Å². The number of rotatable bonds is 1. The first-order chi connectivity index (χ1) is 18.1. The Balaban J connectivity index is 0.000000210. The van der Waals surface area contributed by atoms with Crippen molar-refractivity contribution in [2.45, 2.75) is 39.5 Å². The second-order valence-electron chi connectivity index (χ2n) is 10.6. The molecule has 37 heavy (non-hydrogen) atoms. The Kier molecular flexibility index (Phi) is 6.30. The quantitative estimate of drug-likeness (QED) is 0.347. The van der Waals surface area contributed by atoms with Crippen LogP contribution in [0.3, 0.4) is 0 Å². The third kappa shape index (κ3) is 4.55. The number of para-hydroxylation sites is 1. The van der Waals surface area contributed by atoms with Gasteiger partial charge in [0.15, 0.2) is 0 Å². The summed E-state index contributed by atoms with van der Waals surface area (Å²) in [6.07, 6.45) is 18.4. The van der Waals surface area contributed by atoms with Crippen molar-refractivity contribution in [1.82, 2.24) is 0 Å². The molecule has 1 unspecified atom stereocenters. The van der Waals surface area contributed by atoms with Crippen LogP contribution < -0.4 is 15.2 Å². The van der Waals surface area contributed by atoms with Gasteiger partial charge in [0, 0.05) is 11.5 Å². The summed E-state index contributed by atoms with van der Waals surface area (Å²) in [5.74, 6) is 2.03. The maximum absolute atomic E-state index is 5.34. The lowest BCUT2D eigenvalue weighted by Crippen LogP contribution is -2.34. The molecule has 1 heterocycles. The number of hydrogen-bond donors (Lipinski definition) is 0. The molecule has 0 radical (unpaired) electrons. The molecule has 2 atom stereocenters. The van der Waals surface area contributed by atoms with E-state index in [9.17, 15) is 0 Å². The van der Waals surface area contributed by atoms with E-state index >= 15 is 0 Å². The Hall–Kier alpha value is -3.84. The molecule has 0 spiro atoms. The molecular weight excluding hydrogens is 448 g/mol. The average molecular weight is 483 g/mol. The van der Waals surface area contributed by atoms with Gasteiger partial charge in [0.2, 0.25) is 0 Å². The molecule has 0 saturated carbocycles. The van der Waals surface area contributed by atoms with Gasteiger partial charge in [-0.3, -0.25) is 0 Å². The number of aryl methyl sites for hydroxylation is 1. The summed E-state index contributed by atoms with van der Waals surface area (Å²) in [6.45, 7) is 7.48. The lowest BCUT2D eigenvalue weighted by Gasteiger charge is -2.27. The van der Waals surface area contributed by atoms with Crippen molar-refractivity contribution >= 4 is 29.9 Å². The molecular formula is C36H34O. The van der Waals surface area contributed by atoms with Gasteiger partial charge in [-0.2, -0.15) is 0 Å². The molecule has 0 bridgehead atoms. The molecule has 0 aromatic heterocycles. The molecule has 3 aromatic rings. The predicted octanol–water partition coefficient (Wildman–Crippen LogP) is 7.60. The van der Waals surface area contributed by atoms with Gasteiger partial charge in [-0.05, 0) is 83.0 Å². The van der Waals surface area contributed by atoms with Crippen molar-refractivity contribution in [3.05, 3.63) is 128 Å². The second kappa shape index (κ2) is 9.90. The molecule has 184 valence electrons. The molecule has 0 fully saturated rings. The third-order valence-corrected chi connectivity index (χ3v) is 8.16. The third-order valence-electron chi connectivity index (χ3n) is 8.16. The summed E-state index contributed by atoms with van der Waals surface area (Å²) in [6, 6.07) is 21.5. The average Bonchev–Trinajstić information content (AvgIpc) is 2.94. The van der Waals surface area contributed by atoms with Gasteiger partial charge < -0.3 is 4.74 Å². The van der Waals surface area contributed by atoms with Crippen molar-refractivity contribution in [3.63, 3.8) is 0 Å². The fraction of sp³-hybridized carbons (Fsp3) is 0.222. The Bertz CT molecular complexity index is 1610. The van der Waals surface area contributed by atoms with E-state index in [4.69, 9.17) is 4.74 Å². The van der Waals surface area contributed by atoms with Gasteiger partial charge in [0.25, 0.3) is 0 Å². The van der Waals surface area contributed by atoms with Crippen LogP contribution in [0, 0.1) is 12.8 Å². The molecule has 0 N–H and O–H groups in total. The molecule has 3 aromatic carbocycles. The van der Waals surface area contributed by atoms with E-state index in [0.29, 0.717) is 18.4 Å². The molecule has 1 heteroatoms. The minimum absolute atomic E-state index is 0.509. The monoisotopic (exact) mass is 482 g/mol. The lowest BCUT2D eigenvalue weighted by atomic mass is 9.77. The molecule has 7 rings (SSSR count). The summed E-state index contributed by atoms with van der Waals surface area (Å²) in [4.78, 5) is 0. The number of ether oxygens (including phenoxy) is 1. The summed E-state index contributed by atoms with van der Waals surface area (Å²) in [7, 11) is 0. The van der Waals surface area contributed by atoms with Crippen LogP contribution >= 0.6 is 0 Å². The van der Waals surface area contributed by atoms with Crippen LogP contribution in [0.2, 0.25) is 0 Å². The Morgan fingerprint density at radius 3 is 2.54 bits per heavy atom. The number of allylic oxidation sites excluding steroid dienone is 5. The number of benzene rings is 3. The van der Waals surface area contributed by atoms with Crippen LogP contribution in [0.15, 0.2) is 90.0 Å². The van der Waals surface area contributed by atoms with Crippen molar-refractivity contribution in [3.8, 4) is 5.75 Å². The first-order valence-corrected chi connectivity index (χ1v) is 13.5. The Morgan fingerprint density at radius 1 is 0.838 bits per heavy atom. The van der Waals surface area contributed by atoms with E-state index in [1.807, 2.05) is 30.3 Å². The zero-order valence-electron chi connectivity index (χ0n) is 22.0. The standard InChI is InChI=1S/C27H26.C9H8O/c1-17-6-4-5-7-23(17)21-8-11-24-22(16-21)10-13-26-25(24)12-9-20-14-18(2)19(3)15-27(20)26;1-2-6-9-8(4-1)5-3-7-10-9/h4-9,11-15,19,21H,10,16H2,1-3H3;1-6H,7H2/t19?,21-;/m1./s1. The van der Waals surface area contributed by atoms with E-state index in [1.54, 1.807) is 5.57 Å². The predicted molar refractivity (Wildman–Crippen MR) is 158 cm³/mol. The normalized spacial score (nSPS) is 20.5. The van der Waals surface area contributed by atoms with Gasteiger partial charge >= 0.3 is 0 Å². The first-order valence-electron chi connectivity index (χ1n) is 13.5. The van der Waals surface area contributed by atoms with Gasteiger partial charge in [-0.25, -0.2) is 0 Å². The molecule has 1 aliphatic heterocycles. The SMILES string of the molecule is C1=Cc2ccccc2OC1.CC1=Cc2ccc3c(c2=CC1C)=CCC1=C3C=C[C@@H](c2ccccc2C)C1. The van der Waals surface area contributed by atoms with Crippen molar-refractivity contribution in [1.29, 1.82) is 0 Å². The van der Waals surface area contributed by atoms with Crippen LogP contribution in [0.1, 0.15) is 60.4 Å². The maximum Gasteiger partial charge on any atom is 0.126 e. The molecule has 1 nitrogen and oxygen atoms in total. The second-order valence-corrected chi connectivity index (χ2v) is 10.6. The lowest BCUT2D eigenvalue weighted by molar-refractivity contribution is 0.358. The van der Waals surface area contributed by atoms with Crippen LogP contribution in [-0.4, -0.2) is 6.61 Å². The van der Waals surface area contributed by atoms with E-state index < -0.39 is 0 Å². The summed E-state index contributed by atoms with van der Waals surface area (Å²) in [5, 5.41) is 2.88. The highest BCUT2D eigenvalue weighted by Gasteiger charge is 2.23. The van der Waals surface area contributed by atoms with Crippen molar-refractivity contribution < 1.29 is 4.74 Å². The summed E-state index contributed by atoms with van der Waals surface area (Å²) < 4.78 is 5.34. The van der Waals surface area contributed by atoms with Crippen LogP contribution in [0.25, 0.3) is 29.9 Å². The van der Waals surface area contributed by atoms with E-state index in [0.717, 1.165) is 18.6 Å². The largest absolute Gasteiger partial charge is 0.489 e. The molecule has 0 saturated heterocycles. The van der Waals surface area contributed by atoms with Crippen molar-refractivity contribution in [2.24, 2.45) is 5.92 Å². The fourth-order valence-electron chi connectivity index (χ4n) is 5.93. The number of fused-ring (bicyclic) bond motifs is 5. The zero-order chi connectivity index (χ0) is 25.4. The van der Waals surface area contributed by atoms with Gasteiger partial charge in [0.05, 0.1) is 0 Å². The highest BCUT2D eigenvalue weighted by Crippen LogP contribution is 2.38.